The van der Waals surface area contributed by atoms with Crippen molar-refractivity contribution in [1.29, 1.82) is 0 Å². The lowest BCUT2D eigenvalue weighted by Gasteiger charge is -2.34. The highest BCUT2D eigenvalue weighted by atomic mass is 35.5. The third kappa shape index (κ3) is 5.83. The molecule has 0 unspecified atom stereocenters. The predicted octanol–water partition coefficient (Wildman–Crippen LogP) is 4.03. The second-order valence-corrected chi connectivity index (χ2v) is 11.7. The Morgan fingerprint density at radius 2 is 1.91 bits per heavy atom. The largest absolute Gasteiger partial charge is 0.351 e. The maximum Gasteiger partial charge on any atom is 0.251 e. The second-order valence-electron chi connectivity index (χ2n) is 8.03. The fourth-order valence-electron chi connectivity index (χ4n) is 3.81. The van der Waals surface area contributed by atoms with E-state index in [9.17, 15) is 13.2 Å². The summed E-state index contributed by atoms with van der Waals surface area (Å²) in [6, 6.07) is 10.2. The summed E-state index contributed by atoms with van der Waals surface area (Å²) in [4.78, 5) is 22.1. The molecule has 0 bridgehead atoms. The third-order valence-electron chi connectivity index (χ3n) is 5.93. The summed E-state index contributed by atoms with van der Waals surface area (Å²) in [5, 5.41) is 4.66. The molecular formula is C23H28Cl2N4O3S2. The van der Waals surface area contributed by atoms with Crippen molar-refractivity contribution < 1.29 is 13.2 Å². The zero-order valence-electron chi connectivity index (χ0n) is 19.1. The van der Waals surface area contributed by atoms with Crippen molar-refractivity contribution in [3.8, 4) is 0 Å². The first-order chi connectivity index (χ1) is 15.8. The highest BCUT2D eigenvalue weighted by Crippen LogP contribution is 2.33. The van der Waals surface area contributed by atoms with E-state index in [-0.39, 0.29) is 29.0 Å². The predicted molar refractivity (Wildman–Crippen MR) is 142 cm³/mol. The van der Waals surface area contributed by atoms with Crippen molar-refractivity contribution in [2.45, 2.75) is 18.7 Å². The molecule has 1 amide bonds. The van der Waals surface area contributed by atoms with Gasteiger partial charge in [0.1, 0.15) is 0 Å². The molecule has 34 heavy (non-hydrogen) atoms. The van der Waals surface area contributed by atoms with Gasteiger partial charge in [-0.2, -0.15) is 0 Å². The van der Waals surface area contributed by atoms with Gasteiger partial charge in [0.25, 0.3) is 5.91 Å². The quantitative estimate of drug-likeness (QED) is 0.485. The number of anilines is 1. The summed E-state index contributed by atoms with van der Waals surface area (Å²) in [5.41, 5.74) is 2.35. The first-order valence-corrected chi connectivity index (χ1v) is 13.8. The van der Waals surface area contributed by atoms with Gasteiger partial charge in [-0.25, -0.2) is 13.4 Å². The van der Waals surface area contributed by atoms with Crippen LogP contribution in [0.5, 0.6) is 0 Å². The van der Waals surface area contributed by atoms with Crippen molar-refractivity contribution >= 4 is 66.4 Å². The minimum Gasteiger partial charge on any atom is -0.351 e. The average molecular weight is 544 g/mol. The summed E-state index contributed by atoms with van der Waals surface area (Å²) in [6.07, 6.45) is 0. The Balaban J connectivity index is 0.00000324. The summed E-state index contributed by atoms with van der Waals surface area (Å²) < 4.78 is 25.3. The number of piperazine rings is 1. The van der Waals surface area contributed by atoms with Gasteiger partial charge in [0.05, 0.1) is 20.9 Å². The molecule has 0 atom stereocenters. The second kappa shape index (κ2) is 11.2. The molecule has 0 saturated carbocycles. The van der Waals surface area contributed by atoms with Crippen LogP contribution in [-0.4, -0.2) is 69.2 Å². The van der Waals surface area contributed by atoms with Crippen LogP contribution in [0.4, 0.5) is 5.13 Å². The first kappa shape index (κ1) is 26.7. The molecule has 0 spiro atoms. The Hall–Kier alpha value is -1.91. The van der Waals surface area contributed by atoms with E-state index in [0.717, 1.165) is 58.7 Å². The van der Waals surface area contributed by atoms with Gasteiger partial charge in [-0.15, -0.1) is 12.4 Å². The molecule has 1 saturated heterocycles. The van der Waals surface area contributed by atoms with Gasteiger partial charge in [0, 0.05) is 49.9 Å². The molecule has 1 N–H and O–H groups in total. The van der Waals surface area contributed by atoms with E-state index in [0.29, 0.717) is 12.1 Å². The van der Waals surface area contributed by atoms with E-state index < -0.39 is 9.84 Å². The normalized spacial score (nSPS) is 14.7. The van der Waals surface area contributed by atoms with Gasteiger partial charge in [-0.3, -0.25) is 9.69 Å². The van der Waals surface area contributed by atoms with Gasteiger partial charge in [-0.05, 0) is 42.8 Å². The van der Waals surface area contributed by atoms with E-state index in [2.05, 4.69) is 15.1 Å². The smallest absolute Gasteiger partial charge is 0.251 e. The van der Waals surface area contributed by atoms with E-state index in [1.807, 2.05) is 19.1 Å². The molecule has 7 nitrogen and oxygen atoms in total. The van der Waals surface area contributed by atoms with E-state index in [4.69, 9.17) is 16.6 Å². The number of carbonyl (C=O) groups excluding carboxylic acids is 1. The molecule has 1 aliphatic rings. The average Bonchev–Trinajstić information content (AvgIpc) is 3.27. The lowest BCUT2D eigenvalue weighted by molar-refractivity contribution is 0.0947. The number of carbonyl (C=O) groups is 1. The van der Waals surface area contributed by atoms with Crippen LogP contribution in [0.2, 0.25) is 5.02 Å². The summed E-state index contributed by atoms with van der Waals surface area (Å²) in [6.45, 7) is 8.35. The molecule has 0 radical (unpaired) electrons. The molecule has 2 heterocycles. The molecule has 1 fully saturated rings. The Bertz CT molecular complexity index is 1270. The van der Waals surface area contributed by atoms with Crippen molar-refractivity contribution in [2.75, 3.05) is 49.9 Å². The lowest BCUT2D eigenvalue weighted by atomic mass is 10.2. The number of rotatable bonds is 7. The van der Waals surface area contributed by atoms with E-state index in [1.54, 1.807) is 30.4 Å². The molecular weight excluding hydrogens is 515 g/mol. The van der Waals surface area contributed by atoms with Crippen molar-refractivity contribution in [3.63, 3.8) is 0 Å². The molecule has 11 heteroatoms. The number of thiazole rings is 1. The minimum atomic E-state index is -3.34. The fraction of sp³-hybridized carbons (Fsp3) is 0.391. The summed E-state index contributed by atoms with van der Waals surface area (Å²) in [5.74, 6) is -0.251. The molecule has 2 aromatic carbocycles. The maximum atomic E-state index is 12.5. The standard InChI is InChI=1S/C23H27ClN4O3S2.ClH/c1-3-33(30,31)18-6-4-5-17(15-18)22(29)25-9-10-27-11-13-28(14-12-27)23-26-21-16(2)19(24)7-8-20(21)32-23;/h4-8,15H,3,9-14H2,1-2H3,(H,25,29);1H. The topological polar surface area (TPSA) is 82.6 Å². The summed E-state index contributed by atoms with van der Waals surface area (Å²) in [7, 11) is -3.34. The minimum absolute atomic E-state index is 0. The number of aryl methyl sites for hydroxylation is 1. The Morgan fingerprint density at radius 1 is 1.18 bits per heavy atom. The van der Waals surface area contributed by atoms with Crippen LogP contribution in [0.3, 0.4) is 0 Å². The number of fused-ring (bicyclic) bond motifs is 1. The van der Waals surface area contributed by atoms with Crippen LogP contribution in [-0.2, 0) is 9.84 Å². The number of nitrogens with one attached hydrogen (secondary N) is 1. The third-order valence-corrected chi connectivity index (χ3v) is 9.15. The van der Waals surface area contributed by atoms with Gasteiger partial charge in [0.2, 0.25) is 0 Å². The monoisotopic (exact) mass is 542 g/mol. The molecule has 4 rings (SSSR count). The highest BCUT2D eigenvalue weighted by Gasteiger charge is 2.21. The molecule has 0 aliphatic carbocycles. The number of amides is 1. The van der Waals surface area contributed by atoms with E-state index in [1.165, 1.54) is 12.1 Å². The van der Waals surface area contributed by atoms with Crippen LogP contribution in [0.1, 0.15) is 22.8 Å². The Kier molecular flexibility index (Phi) is 8.81. The number of nitrogens with zero attached hydrogens (tertiary/aromatic N) is 3. The highest BCUT2D eigenvalue weighted by molar-refractivity contribution is 7.91. The van der Waals surface area contributed by atoms with E-state index >= 15 is 0 Å². The molecule has 3 aromatic rings. The lowest BCUT2D eigenvalue weighted by Crippen LogP contribution is -2.48. The summed E-state index contributed by atoms with van der Waals surface area (Å²) >= 11 is 7.92. The molecule has 184 valence electrons. The van der Waals surface area contributed by atoms with Gasteiger partial charge in [-0.1, -0.05) is 35.9 Å². The number of sulfone groups is 1. The van der Waals surface area contributed by atoms with Crippen LogP contribution in [0, 0.1) is 6.92 Å². The van der Waals surface area contributed by atoms with Crippen molar-refractivity contribution in [1.82, 2.24) is 15.2 Å². The molecule has 1 aromatic heterocycles. The van der Waals surface area contributed by atoms with Gasteiger partial charge >= 0.3 is 0 Å². The Morgan fingerprint density at radius 3 is 2.62 bits per heavy atom. The number of halogens is 2. The number of benzene rings is 2. The zero-order chi connectivity index (χ0) is 23.6. The molecule has 1 aliphatic heterocycles. The fourth-order valence-corrected chi connectivity index (χ4v) is 5.97. The number of hydrogen-bond acceptors (Lipinski definition) is 7. The Labute approximate surface area is 215 Å². The van der Waals surface area contributed by atoms with Crippen LogP contribution in [0.25, 0.3) is 10.2 Å². The van der Waals surface area contributed by atoms with Crippen molar-refractivity contribution in [3.05, 3.63) is 52.5 Å². The SMILES string of the molecule is CCS(=O)(=O)c1cccc(C(=O)NCCN2CCN(c3nc4c(C)c(Cl)ccc4s3)CC2)c1.Cl. The van der Waals surface area contributed by atoms with Crippen LogP contribution in [0.15, 0.2) is 41.3 Å². The maximum absolute atomic E-state index is 12.5. The number of aromatic nitrogens is 1. The van der Waals surface area contributed by atoms with Crippen LogP contribution < -0.4 is 10.2 Å². The van der Waals surface area contributed by atoms with Gasteiger partial charge < -0.3 is 10.2 Å². The first-order valence-electron chi connectivity index (χ1n) is 10.9. The van der Waals surface area contributed by atoms with Gasteiger partial charge in [0.15, 0.2) is 15.0 Å². The van der Waals surface area contributed by atoms with Crippen LogP contribution >= 0.6 is 35.3 Å². The van der Waals surface area contributed by atoms with Crippen molar-refractivity contribution in [2.24, 2.45) is 0 Å². The zero-order valence-corrected chi connectivity index (χ0v) is 22.3. The number of hydrogen-bond donors (Lipinski definition) is 1.